The number of aliphatic carboxylic acids is 1. The molecule has 0 unspecified atom stereocenters. The lowest BCUT2D eigenvalue weighted by molar-refractivity contribution is -0.137. The molecule has 0 atom stereocenters. The van der Waals surface area contributed by atoms with Gasteiger partial charge in [0.05, 0.1) is 0 Å². The van der Waals surface area contributed by atoms with Crippen molar-refractivity contribution in [3.63, 3.8) is 0 Å². The number of allylic oxidation sites excluding steroid dienone is 1. The summed E-state index contributed by atoms with van der Waals surface area (Å²) < 4.78 is 0. The molecule has 26 heavy (non-hydrogen) atoms. The predicted octanol–water partition coefficient (Wildman–Crippen LogP) is 4.63. The summed E-state index contributed by atoms with van der Waals surface area (Å²) in [7, 11) is 0. The molecular formula is C21H31NO4. The molecule has 0 saturated heterocycles. The predicted molar refractivity (Wildman–Crippen MR) is 104 cm³/mol. The molecule has 0 fully saturated rings. The standard InChI is InChI=1S/C21H31NO4/c1-2-3-4-5-6-7-8-10-18-12-14-19(15-13-18)20(23)17-26-22-16-9-11-21(24)25/h8,10,12-15,22H,2-7,9,11,16-17H2,1H3,(H,24,25). The van der Waals surface area contributed by atoms with E-state index in [1.165, 1.54) is 32.1 Å². The number of ketones is 1. The first-order valence-electron chi connectivity index (χ1n) is 9.49. The molecule has 0 heterocycles. The van der Waals surface area contributed by atoms with E-state index in [1.54, 1.807) is 12.1 Å². The molecule has 0 spiro atoms. The number of hydroxylamine groups is 1. The van der Waals surface area contributed by atoms with E-state index in [2.05, 4.69) is 24.6 Å². The van der Waals surface area contributed by atoms with Gasteiger partial charge in [-0.15, -0.1) is 0 Å². The van der Waals surface area contributed by atoms with Gasteiger partial charge in [0.1, 0.15) is 6.61 Å². The van der Waals surface area contributed by atoms with Crippen LogP contribution in [-0.2, 0) is 9.63 Å². The maximum absolute atomic E-state index is 12.0. The first-order chi connectivity index (χ1) is 12.6. The quantitative estimate of drug-likeness (QED) is 0.271. The lowest BCUT2D eigenvalue weighted by Crippen LogP contribution is -2.21. The normalized spacial score (nSPS) is 11.1. The number of hydrogen-bond acceptors (Lipinski definition) is 4. The number of carbonyl (C=O) groups excluding carboxylic acids is 1. The molecule has 1 aromatic carbocycles. The highest BCUT2D eigenvalue weighted by Crippen LogP contribution is 2.10. The second kappa shape index (κ2) is 14.2. The number of carboxylic acids is 1. The van der Waals surface area contributed by atoms with E-state index >= 15 is 0 Å². The van der Waals surface area contributed by atoms with Crippen LogP contribution in [0.15, 0.2) is 30.3 Å². The van der Waals surface area contributed by atoms with Gasteiger partial charge >= 0.3 is 5.97 Å². The van der Waals surface area contributed by atoms with Crippen molar-refractivity contribution in [3.8, 4) is 0 Å². The smallest absolute Gasteiger partial charge is 0.303 e. The van der Waals surface area contributed by atoms with Gasteiger partial charge < -0.3 is 5.11 Å². The third kappa shape index (κ3) is 10.8. The van der Waals surface area contributed by atoms with E-state index in [4.69, 9.17) is 9.94 Å². The molecule has 0 aliphatic rings. The minimum absolute atomic E-state index is 0.0694. The topological polar surface area (TPSA) is 75.6 Å². The third-order valence-electron chi connectivity index (χ3n) is 3.99. The zero-order valence-electron chi connectivity index (χ0n) is 15.7. The minimum atomic E-state index is -0.839. The Bertz CT molecular complexity index is 552. The Morgan fingerprint density at radius 1 is 1.08 bits per heavy atom. The van der Waals surface area contributed by atoms with Crippen molar-refractivity contribution in [2.45, 2.75) is 58.3 Å². The number of rotatable bonds is 15. The highest BCUT2D eigenvalue weighted by Gasteiger charge is 2.05. The molecule has 0 bridgehead atoms. The molecule has 1 aromatic rings. The van der Waals surface area contributed by atoms with E-state index < -0.39 is 5.97 Å². The van der Waals surface area contributed by atoms with Crippen LogP contribution < -0.4 is 5.48 Å². The van der Waals surface area contributed by atoms with Gasteiger partial charge in [0.25, 0.3) is 0 Å². The number of carboxylic acid groups (broad SMARTS) is 1. The monoisotopic (exact) mass is 361 g/mol. The second-order valence-corrected chi connectivity index (χ2v) is 6.33. The van der Waals surface area contributed by atoms with E-state index in [0.717, 1.165) is 12.0 Å². The number of nitrogens with one attached hydrogen (secondary N) is 1. The molecule has 2 N–H and O–H groups in total. The molecule has 0 aliphatic heterocycles. The van der Waals surface area contributed by atoms with E-state index in [1.807, 2.05) is 12.1 Å². The van der Waals surface area contributed by atoms with E-state index in [0.29, 0.717) is 18.5 Å². The van der Waals surface area contributed by atoms with Gasteiger partial charge in [-0.1, -0.05) is 69.0 Å². The van der Waals surface area contributed by atoms with Crippen LogP contribution in [0.5, 0.6) is 0 Å². The second-order valence-electron chi connectivity index (χ2n) is 6.33. The molecule has 5 nitrogen and oxygen atoms in total. The Balaban J connectivity index is 2.22. The third-order valence-corrected chi connectivity index (χ3v) is 3.99. The Labute approximate surface area is 156 Å². The number of Topliss-reactive ketones (excluding diaryl/α,β-unsaturated/α-hetero) is 1. The van der Waals surface area contributed by atoms with Crippen molar-refractivity contribution in [1.29, 1.82) is 0 Å². The molecule has 0 amide bonds. The average Bonchev–Trinajstić information content (AvgIpc) is 2.64. The van der Waals surface area contributed by atoms with Crippen LogP contribution in [0.4, 0.5) is 0 Å². The van der Waals surface area contributed by atoms with Crippen molar-refractivity contribution < 1.29 is 19.5 Å². The Morgan fingerprint density at radius 2 is 1.81 bits per heavy atom. The van der Waals surface area contributed by atoms with Gasteiger partial charge in [-0.3, -0.25) is 14.4 Å². The minimum Gasteiger partial charge on any atom is -0.481 e. The maximum atomic E-state index is 12.0. The van der Waals surface area contributed by atoms with Crippen LogP contribution in [0.1, 0.15) is 74.2 Å². The Hall–Kier alpha value is -1.98. The van der Waals surface area contributed by atoms with Crippen molar-refractivity contribution in [2.24, 2.45) is 0 Å². The van der Waals surface area contributed by atoms with Crippen molar-refractivity contribution >= 4 is 17.8 Å². The van der Waals surface area contributed by atoms with Crippen LogP contribution in [0, 0.1) is 0 Å². The lowest BCUT2D eigenvalue weighted by atomic mass is 10.1. The molecule has 144 valence electrons. The molecule has 0 radical (unpaired) electrons. The maximum Gasteiger partial charge on any atom is 0.303 e. The van der Waals surface area contributed by atoms with E-state index in [-0.39, 0.29) is 18.8 Å². The highest BCUT2D eigenvalue weighted by molar-refractivity contribution is 5.97. The zero-order valence-corrected chi connectivity index (χ0v) is 15.7. The first-order valence-corrected chi connectivity index (χ1v) is 9.49. The van der Waals surface area contributed by atoms with E-state index in [9.17, 15) is 9.59 Å². The van der Waals surface area contributed by atoms with Gasteiger partial charge in [-0.05, 0) is 24.8 Å². The van der Waals surface area contributed by atoms with Gasteiger partial charge in [0, 0.05) is 18.5 Å². The number of unbranched alkanes of at least 4 members (excludes halogenated alkanes) is 5. The number of hydrogen-bond donors (Lipinski definition) is 2. The first kappa shape index (κ1) is 22.1. The summed E-state index contributed by atoms with van der Waals surface area (Å²) in [6.45, 7) is 2.56. The lowest BCUT2D eigenvalue weighted by Gasteiger charge is -2.05. The molecule has 0 aliphatic carbocycles. The Morgan fingerprint density at radius 3 is 2.50 bits per heavy atom. The highest BCUT2D eigenvalue weighted by atomic mass is 16.6. The molecule has 1 rings (SSSR count). The summed E-state index contributed by atoms with van der Waals surface area (Å²) in [4.78, 5) is 27.4. The molecule has 0 aromatic heterocycles. The van der Waals surface area contributed by atoms with Crippen LogP contribution in [0.2, 0.25) is 0 Å². The van der Waals surface area contributed by atoms with Crippen LogP contribution >= 0.6 is 0 Å². The van der Waals surface area contributed by atoms with Gasteiger partial charge in [-0.2, -0.15) is 0 Å². The van der Waals surface area contributed by atoms with Gasteiger partial charge in [0.15, 0.2) is 5.78 Å². The number of benzene rings is 1. The van der Waals surface area contributed by atoms with Crippen LogP contribution in [0.25, 0.3) is 6.08 Å². The van der Waals surface area contributed by atoms with Gasteiger partial charge in [0.2, 0.25) is 0 Å². The Kier molecular flexibility index (Phi) is 12.1. The summed E-state index contributed by atoms with van der Waals surface area (Å²) in [5.41, 5.74) is 4.30. The van der Waals surface area contributed by atoms with Crippen molar-refractivity contribution in [2.75, 3.05) is 13.2 Å². The fourth-order valence-corrected chi connectivity index (χ4v) is 2.45. The largest absolute Gasteiger partial charge is 0.481 e. The summed E-state index contributed by atoms with van der Waals surface area (Å²) >= 11 is 0. The molecular weight excluding hydrogens is 330 g/mol. The summed E-state index contributed by atoms with van der Waals surface area (Å²) in [5, 5.41) is 8.51. The van der Waals surface area contributed by atoms with Crippen LogP contribution in [0.3, 0.4) is 0 Å². The average molecular weight is 361 g/mol. The number of carbonyl (C=O) groups is 2. The molecule has 5 heteroatoms. The van der Waals surface area contributed by atoms with Gasteiger partial charge in [-0.25, -0.2) is 5.48 Å². The summed E-state index contributed by atoms with van der Waals surface area (Å²) in [6.07, 6.45) is 12.3. The van der Waals surface area contributed by atoms with Crippen molar-refractivity contribution in [3.05, 3.63) is 41.5 Å². The fourth-order valence-electron chi connectivity index (χ4n) is 2.45. The fraction of sp³-hybridized carbons (Fsp3) is 0.524. The SMILES string of the molecule is CCCCCCCC=Cc1ccc(C(=O)CONCCCC(=O)O)cc1. The van der Waals surface area contributed by atoms with Crippen molar-refractivity contribution in [1.82, 2.24) is 5.48 Å². The zero-order chi connectivity index (χ0) is 19.0. The summed E-state index contributed by atoms with van der Waals surface area (Å²) in [5.74, 6) is -0.948. The van der Waals surface area contributed by atoms with Crippen LogP contribution in [-0.4, -0.2) is 30.0 Å². The summed E-state index contributed by atoms with van der Waals surface area (Å²) in [6, 6.07) is 7.47. The molecule has 0 saturated carbocycles.